The molecule has 3 nitrogen and oxygen atoms in total. The van der Waals surface area contributed by atoms with Crippen molar-refractivity contribution in [2.45, 2.75) is 20.3 Å². The van der Waals surface area contributed by atoms with Crippen LogP contribution in [0.2, 0.25) is 0 Å². The highest BCUT2D eigenvalue weighted by Crippen LogP contribution is 1.98. The van der Waals surface area contributed by atoms with E-state index < -0.39 is 0 Å². The van der Waals surface area contributed by atoms with Crippen molar-refractivity contribution >= 4 is 12.3 Å². The minimum atomic E-state index is -0.304. The summed E-state index contributed by atoms with van der Waals surface area (Å²) in [5.74, 6) is -0.527. The molecule has 0 aromatic rings. The molecule has 3 heteroatoms. The lowest BCUT2D eigenvalue weighted by Crippen LogP contribution is -2.09. The smallest absolute Gasteiger partial charge is 0.306 e. The molecule has 0 aliphatic heterocycles. The van der Waals surface area contributed by atoms with Crippen molar-refractivity contribution in [1.82, 2.24) is 0 Å². The molecule has 1 atom stereocenters. The lowest BCUT2D eigenvalue weighted by molar-refractivity contribution is -0.144. The monoisotopic (exact) mass is 144 g/mol. The molecule has 0 rings (SSSR count). The molecule has 0 aromatic carbocycles. The molecule has 0 fully saturated rings. The second-order valence-corrected chi connectivity index (χ2v) is 2.12. The molecular weight excluding hydrogens is 132 g/mol. The normalized spacial score (nSPS) is 12.2. The van der Waals surface area contributed by atoms with Gasteiger partial charge in [0.25, 0.3) is 0 Å². The van der Waals surface area contributed by atoms with E-state index in [0.29, 0.717) is 6.61 Å². The van der Waals surface area contributed by atoms with Gasteiger partial charge >= 0.3 is 5.97 Å². The molecule has 10 heavy (non-hydrogen) atoms. The van der Waals surface area contributed by atoms with E-state index in [0.717, 1.165) is 6.29 Å². The van der Waals surface area contributed by atoms with Crippen molar-refractivity contribution in [2.24, 2.45) is 5.92 Å². The predicted molar refractivity (Wildman–Crippen MR) is 36.5 cm³/mol. The summed E-state index contributed by atoms with van der Waals surface area (Å²) in [6.45, 7) is 3.80. The maximum Gasteiger partial charge on any atom is 0.306 e. The van der Waals surface area contributed by atoms with Crippen LogP contribution in [0.4, 0.5) is 0 Å². The van der Waals surface area contributed by atoms with Crippen LogP contribution in [0.15, 0.2) is 0 Å². The maximum absolute atomic E-state index is 10.6. The standard InChI is InChI=1S/C7H12O3/c1-3-10-7(9)4-6(2)5-8/h5-6H,3-4H2,1-2H3/t6-/m0/s1. The Labute approximate surface area is 60.4 Å². The van der Waals surface area contributed by atoms with Crippen molar-refractivity contribution in [3.05, 3.63) is 0 Å². The van der Waals surface area contributed by atoms with Gasteiger partial charge in [0, 0.05) is 5.92 Å². The summed E-state index contributed by atoms with van der Waals surface area (Å²) in [5.41, 5.74) is 0. The molecule has 0 spiro atoms. The van der Waals surface area contributed by atoms with Crippen molar-refractivity contribution in [3.8, 4) is 0 Å². The zero-order valence-corrected chi connectivity index (χ0v) is 6.29. The molecule has 0 aliphatic rings. The van der Waals surface area contributed by atoms with Gasteiger partial charge in [0.1, 0.15) is 6.29 Å². The van der Waals surface area contributed by atoms with Crippen molar-refractivity contribution < 1.29 is 14.3 Å². The Morgan fingerprint density at radius 2 is 2.30 bits per heavy atom. The molecule has 0 radical (unpaired) electrons. The molecule has 58 valence electrons. The lowest BCUT2D eigenvalue weighted by atomic mass is 10.1. The van der Waals surface area contributed by atoms with Gasteiger partial charge in [-0.2, -0.15) is 0 Å². The first-order valence-electron chi connectivity index (χ1n) is 3.31. The molecule has 0 unspecified atom stereocenters. The minimum absolute atomic E-state index is 0.192. The van der Waals surface area contributed by atoms with Crippen molar-refractivity contribution in [3.63, 3.8) is 0 Å². The maximum atomic E-state index is 10.6. The van der Waals surface area contributed by atoms with Crippen LogP contribution < -0.4 is 0 Å². The van der Waals surface area contributed by atoms with Crippen LogP contribution >= 0.6 is 0 Å². The molecule has 0 heterocycles. The number of ether oxygens (including phenoxy) is 1. The van der Waals surface area contributed by atoms with Gasteiger partial charge in [0.2, 0.25) is 0 Å². The fourth-order valence-corrected chi connectivity index (χ4v) is 0.531. The Bertz CT molecular complexity index is 120. The summed E-state index contributed by atoms with van der Waals surface area (Å²) >= 11 is 0. The first-order chi connectivity index (χ1) is 4.70. The summed E-state index contributed by atoms with van der Waals surface area (Å²) in [6.07, 6.45) is 0.939. The van der Waals surface area contributed by atoms with Crippen LogP contribution in [-0.4, -0.2) is 18.9 Å². The Kier molecular flexibility index (Phi) is 4.54. The average molecular weight is 144 g/mol. The van der Waals surface area contributed by atoms with Crippen molar-refractivity contribution in [1.29, 1.82) is 0 Å². The third-order valence-electron chi connectivity index (χ3n) is 1.03. The fraction of sp³-hybridized carbons (Fsp3) is 0.714. The van der Waals surface area contributed by atoms with E-state index in [-0.39, 0.29) is 18.3 Å². The number of hydrogen-bond donors (Lipinski definition) is 0. The van der Waals surface area contributed by atoms with Gasteiger partial charge in [0.05, 0.1) is 13.0 Å². The van der Waals surface area contributed by atoms with Crippen LogP contribution in [0.1, 0.15) is 20.3 Å². The van der Waals surface area contributed by atoms with Gasteiger partial charge < -0.3 is 9.53 Å². The topological polar surface area (TPSA) is 43.4 Å². The molecule has 0 bridgehead atoms. The number of carbonyl (C=O) groups excluding carboxylic acids is 2. The van der Waals surface area contributed by atoms with Crippen LogP contribution in [-0.2, 0) is 14.3 Å². The van der Waals surface area contributed by atoms with Crippen LogP contribution in [0, 0.1) is 5.92 Å². The Hall–Kier alpha value is -0.860. The van der Waals surface area contributed by atoms with Crippen LogP contribution in [0.25, 0.3) is 0 Å². The first kappa shape index (κ1) is 9.14. The minimum Gasteiger partial charge on any atom is -0.466 e. The van der Waals surface area contributed by atoms with Gasteiger partial charge in [-0.1, -0.05) is 6.92 Å². The predicted octanol–water partition coefficient (Wildman–Crippen LogP) is 0.775. The summed E-state index contributed by atoms with van der Waals surface area (Å²) in [6, 6.07) is 0. The number of aldehydes is 1. The molecule has 0 aliphatic carbocycles. The third-order valence-corrected chi connectivity index (χ3v) is 1.03. The highest BCUT2D eigenvalue weighted by atomic mass is 16.5. The molecular formula is C7H12O3. The third kappa shape index (κ3) is 4.06. The Morgan fingerprint density at radius 1 is 1.70 bits per heavy atom. The van der Waals surface area contributed by atoms with Gasteiger partial charge in [-0.05, 0) is 6.92 Å². The Morgan fingerprint density at radius 3 is 2.70 bits per heavy atom. The molecule has 0 amide bonds. The molecule has 0 saturated heterocycles. The second kappa shape index (κ2) is 4.97. The number of esters is 1. The zero-order valence-electron chi connectivity index (χ0n) is 6.29. The van der Waals surface area contributed by atoms with E-state index >= 15 is 0 Å². The quantitative estimate of drug-likeness (QED) is 0.432. The summed E-state index contributed by atoms with van der Waals surface area (Å²) < 4.78 is 4.62. The van der Waals surface area contributed by atoms with Gasteiger partial charge in [0.15, 0.2) is 0 Å². The number of carbonyl (C=O) groups is 2. The summed E-state index contributed by atoms with van der Waals surface area (Å²) in [7, 11) is 0. The SMILES string of the molecule is CCOC(=O)C[C@H](C)C=O. The summed E-state index contributed by atoms with van der Waals surface area (Å²) in [5, 5.41) is 0. The van der Waals surface area contributed by atoms with E-state index in [1.54, 1.807) is 13.8 Å². The van der Waals surface area contributed by atoms with E-state index in [1.807, 2.05) is 0 Å². The lowest BCUT2D eigenvalue weighted by Gasteiger charge is -2.01. The van der Waals surface area contributed by atoms with E-state index in [2.05, 4.69) is 4.74 Å². The number of hydrogen-bond acceptors (Lipinski definition) is 3. The summed E-state index contributed by atoms with van der Waals surface area (Å²) in [4.78, 5) is 20.7. The molecule has 0 saturated carbocycles. The zero-order chi connectivity index (χ0) is 7.98. The van der Waals surface area contributed by atoms with Gasteiger partial charge in [-0.3, -0.25) is 4.79 Å². The van der Waals surface area contributed by atoms with Gasteiger partial charge in [-0.25, -0.2) is 0 Å². The van der Waals surface area contributed by atoms with E-state index in [4.69, 9.17) is 0 Å². The largest absolute Gasteiger partial charge is 0.466 e. The molecule has 0 N–H and O–H groups in total. The Balaban J connectivity index is 3.46. The van der Waals surface area contributed by atoms with Crippen LogP contribution in [0.3, 0.4) is 0 Å². The van der Waals surface area contributed by atoms with E-state index in [9.17, 15) is 9.59 Å². The van der Waals surface area contributed by atoms with Crippen LogP contribution in [0.5, 0.6) is 0 Å². The second-order valence-electron chi connectivity index (χ2n) is 2.12. The highest BCUT2D eigenvalue weighted by molar-refractivity contribution is 5.73. The fourth-order valence-electron chi connectivity index (χ4n) is 0.531. The average Bonchev–Trinajstić information content (AvgIpc) is 1.88. The van der Waals surface area contributed by atoms with Gasteiger partial charge in [-0.15, -0.1) is 0 Å². The van der Waals surface area contributed by atoms with Crippen molar-refractivity contribution in [2.75, 3.05) is 6.61 Å². The highest BCUT2D eigenvalue weighted by Gasteiger charge is 2.07. The number of rotatable bonds is 4. The molecule has 0 aromatic heterocycles. The first-order valence-corrected chi connectivity index (χ1v) is 3.31. The van der Waals surface area contributed by atoms with E-state index in [1.165, 1.54) is 0 Å².